The number of tetrazole rings is 1. The lowest BCUT2D eigenvalue weighted by molar-refractivity contribution is 0.350. The van der Waals surface area contributed by atoms with E-state index in [4.69, 9.17) is 0 Å². The van der Waals surface area contributed by atoms with Gasteiger partial charge in [-0.25, -0.2) is 4.68 Å². The number of nitrogens with zero attached hydrogens (tertiary/aromatic N) is 4. The predicted octanol–water partition coefficient (Wildman–Crippen LogP) is 2.73. The second-order valence-electron chi connectivity index (χ2n) is 5.26. The predicted molar refractivity (Wildman–Crippen MR) is 73.3 cm³/mol. The first kappa shape index (κ1) is 15.1. The maximum atomic E-state index is 4.16. The summed E-state index contributed by atoms with van der Waals surface area (Å²) in [7, 11) is 0. The third kappa shape index (κ3) is 4.05. The second kappa shape index (κ2) is 7.46. The second-order valence-corrected chi connectivity index (χ2v) is 5.26. The topological polar surface area (TPSA) is 55.6 Å². The van der Waals surface area contributed by atoms with E-state index in [9.17, 15) is 0 Å². The van der Waals surface area contributed by atoms with Gasteiger partial charge in [-0.3, -0.25) is 0 Å². The zero-order chi connectivity index (χ0) is 13.5. The van der Waals surface area contributed by atoms with Gasteiger partial charge >= 0.3 is 0 Å². The third-order valence-corrected chi connectivity index (χ3v) is 3.46. The lowest BCUT2D eigenvalue weighted by Crippen LogP contribution is -2.24. The van der Waals surface area contributed by atoms with Crippen LogP contribution in [0.5, 0.6) is 0 Å². The molecule has 1 aromatic heterocycles. The molecule has 0 aromatic carbocycles. The molecular formula is C13H27N5. The number of aromatic nitrogens is 4. The van der Waals surface area contributed by atoms with Crippen LogP contribution in [0.2, 0.25) is 0 Å². The molecule has 0 aliphatic carbocycles. The van der Waals surface area contributed by atoms with Crippen molar-refractivity contribution in [2.45, 2.75) is 66.0 Å². The Balaban J connectivity index is 2.68. The fourth-order valence-electron chi connectivity index (χ4n) is 2.10. The minimum atomic E-state index is 0.208. The normalized spacial score (nSPS) is 16.5. The SMILES string of the molecule is CCCNC(C)c1nnnn1C(C)CC(C)CC. The van der Waals surface area contributed by atoms with Gasteiger partial charge in [0.2, 0.25) is 0 Å². The highest BCUT2D eigenvalue weighted by Crippen LogP contribution is 2.21. The molecular weight excluding hydrogens is 226 g/mol. The van der Waals surface area contributed by atoms with Crippen molar-refractivity contribution in [2.24, 2.45) is 5.92 Å². The summed E-state index contributed by atoms with van der Waals surface area (Å²) in [6, 6.07) is 0.565. The highest BCUT2D eigenvalue weighted by molar-refractivity contribution is 4.91. The van der Waals surface area contributed by atoms with Crippen LogP contribution in [0.25, 0.3) is 0 Å². The molecule has 18 heavy (non-hydrogen) atoms. The van der Waals surface area contributed by atoms with E-state index in [2.05, 4.69) is 55.5 Å². The molecule has 1 rings (SSSR count). The highest BCUT2D eigenvalue weighted by Gasteiger charge is 2.19. The average Bonchev–Trinajstić information content (AvgIpc) is 2.84. The molecule has 1 aromatic rings. The van der Waals surface area contributed by atoms with Gasteiger partial charge < -0.3 is 5.32 Å². The van der Waals surface area contributed by atoms with E-state index in [0.717, 1.165) is 25.2 Å². The van der Waals surface area contributed by atoms with Crippen LogP contribution in [0.4, 0.5) is 0 Å². The molecule has 0 saturated heterocycles. The first-order valence-electron chi connectivity index (χ1n) is 7.11. The molecule has 0 radical (unpaired) electrons. The fraction of sp³-hybridized carbons (Fsp3) is 0.923. The third-order valence-electron chi connectivity index (χ3n) is 3.46. The molecule has 5 heteroatoms. The van der Waals surface area contributed by atoms with Gasteiger partial charge in [-0.1, -0.05) is 27.2 Å². The average molecular weight is 253 g/mol. The van der Waals surface area contributed by atoms with Gasteiger partial charge in [0.1, 0.15) is 0 Å². The van der Waals surface area contributed by atoms with Gasteiger partial charge in [-0.05, 0) is 49.6 Å². The van der Waals surface area contributed by atoms with E-state index >= 15 is 0 Å². The van der Waals surface area contributed by atoms with Crippen molar-refractivity contribution in [3.8, 4) is 0 Å². The molecule has 0 amide bonds. The maximum absolute atomic E-state index is 4.16. The summed E-state index contributed by atoms with van der Waals surface area (Å²) in [5.41, 5.74) is 0. The van der Waals surface area contributed by atoms with Crippen molar-refractivity contribution in [2.75, 3.05) is 6.54 Å². The molecule has 1 N–H and O–H groups in total. The summed E-state index contributed by atoms with van der Waals surface area (Å²) < 4.78 is 1.97. The Morgan fingerprint density at radius 2 is 1.94 bits per heavy atom. The van der Waals surface area contributed by atoms with Gasteiger partial charge in [0, 0.05) is 0 Å². The quantitative estimate of drug-likeness (QED) is 0.774. The zero-order valence-corrected chi connectivity index (χ0v) is 12.3. The van der Waals surface area contributed by atoms with Crippen molar-refractivity contribution < 1.29 is 0 Å². The monoisotopic (exact) mass is 253 g/mol. The van der Waals surface area contributed by atoms with E-state index in [1.165, 1.54) is 6.42 Å². The summed E-state index contributed by atoms with van der Waals surface area (Å²) in [5, 5.41) is 15.6. The Hall–Kier alpha value is -0.970. The maximum Gasteiger partial charge on any atom is 0.168 e. The molecule has 5 nitrogen and oxygen atoms in total. The summed E-state index contributed by atoms with van der Waals surface area (Å²) in [4.78, 5) is 0. The zero-order valence-electron chi connectivity index (χ0n) is 12.3. The Morgan fingerprint density at radius 1 is 1.22 bits per heavy atom. The van der Waals surface area contributed by atoms with Crippen molar-refractivity contribution in [3.63, 3.8) is 0 Å². The molecule has 0 fully saturated rings. The van der Waals surface area contributed by atoms with Crippen LogP contribution in [-0.4, -0.2) is 26.8 Å². The largest absolute Gasteiger partial charge is 0.307 e. The fourth-order valence-corrected chi connectivity index (χ4v) is 2.10. The van der Waals surface area contributed by atoms with Gasteiger partial charge in [0.15, 0.2) is 5.82 Å². The highest BCUT2D eigenvalue weighted by atomic mass is 15.6. The molecule has 0 bridgehead atoms. The standard InChI is InChI=1S/C13H27N5/c1-6-8-14-12(5)13-15-16-17-18(13)11(4)9-10(3)7-2/h10-12,14H,6-9H2,1-5H3. The van der Waals surface area contributed by atoms with E-state index < -0.39 is 0 Å². The molecule has 3 unspecified atom stereocenters. The van der Waals surface area contributed by atoms with Crippen molar-refractivity contribution in [3.05, 3.63) is 5.82 Å². The number of hydrogen-bond donors (Lipinski definition) is 1. The van der Waals surface area contributed by atoms with Gasteiger partial charge in [0.25, 0.3) is 0 Å². The molecule has 104 valence electrons. The number of rotatable bonds is 8. The van der Waals surface area contributed by atoms with E-state index in [1.54, 1.807) is 0 Å². The van der Waals surface area contributed by atoms with E-state index in [0.29, 0.717) is 12.0 Å². The van der Waals surface area contributed by atoms with Crippen LogP contribution in [0.3, 0.4) is 0 Å². The van der Waals surface area contributed by atoms with Gasteiger partial charge in [-0.2, -0.15) is 0 Å². The molecule has 3 atom stereocenters. The molecule has 1 heterocycles. The summed E-state index contributed by atoms with van der Waals surface area (Å²) in [6.07, 6.45) is 3.44. The Kier molecular flexibility index (Phi) is 6.25. The van der Waals surface area contributed by atoms with Crippen molar-refractivity contribution >= 4 is 0 Å². The van der Waals surface area contributed by atoms with Crippen LogP contribution in [0.1, 0.15) is 71.8 Å². The summed E-state index contributed by atoms with van der Waals surface area (Å²) in [6.45, 7) is 12.0. The van der Waals surface area contributed by atoms with E-state index in [-0.39, 0.29) is 6.04 Å². The van der Waals surface area contributed by atoms with Crippen molar-refractivity contribution in [1.29, 1.82) is 0 Å². The van der Waals surface area contributed by atoms with Crippen molar-refractivity contribution in [1.82, 2.24) is 25.5 Å². The first-order valence-corrected chi connectivity index (χ1v) is 7.11. The first-order chi connectivity index (χ1) is 8.60. The molecule has 0 saturated carbocycles. The lowest BCUT2D eigenvalue weighted by Gasteiger charge is -2.19. The number of hydrogen-bond acceptors (Lipinski definition) is 4. The van der Waals surface area contributed by atoms with Crippen LogP contribution < -0.4 is 5.32 Å². The Labute approximate surface area is 110 Å². The summed E-state index contributed by atoms with van der Waals surface area (Å²) in [5.74, 6) is 1.65. The number of nitrogens with one attached hydrogen (secondary N) is 1. The lowest BCUT2D eigenvalue weighted by atomic mass is 10.0. The smallest absolute Gasteiger partial charge is 0.168 e. The molecule has 0 aliphatic heterocycles. The van der Waals surface area contributed by atoms with Crippen LogP contribution in [0.15, 0.2) is 0 Å². The minimum absolute atomic E-state index is 0.208. The minimum Gasteiger partial charge on any atom is -0.307 e. The Bertz CT molecular complexity index is 336. The van der Waals surface area contributed by atoms with E-state index in [1.807, 2.05) is 4.68 Å². The van der Waals surface area contributed by atoms with Crippen LogP contribution >= 0.6 is 0 Å². The summed E-state index contributed by atoms with van der Waals surface area (Å²) >= 11 is 0. The van der Waals surface area contributed by atoms with Crippen LogP contribution in [0, 0.1) is 5.92 Å². The van der Waals surface area contributed by atoms with Gasteiger partial charge in [0.05, 0.1) is 12.1 Å². The van der Waals surface area contributed by atoms with Crippen LogP contribution in [-0.2, 0) is 0 Å². The molecule has 0 aliphatic rings. The molecule has 0 spiro atoms. The van der Waals surface area contributed by atoms with Gasteiger partial charge in [-0.15, -0.1) is 5.10 Å². The Morgan fingerprint density at radius 3 is 2.56 bits per heavy atom.